The van der Waals surface area contributed by atoms with Crippen LogP contribution in [0.2, 0.25) is 0 Å². The molecule has 4 amide bonds. The molecule has 3 atom stereocenters. The summed E-state index contributed by atoms with van der Waals surface area (Å²) in [5.74, 6) is 0.867. The van der Waals surface area contributed by atoms with Crippen molar-refractivity contribution in [2.45, 2.75) is 51.2 Å². The molecular weight excluding hydrogens is 386 g/mol. The van der Waals surface area contributed by atoms with Crippen LogP contribution in [0.1, 0.15) is 39.5 Å². The first-order valence-corrected chi connectivity index (χ1v) is 10.7. The number of urea groups is 1. The van der Waals surface area contributed by atoms with Crippen molar-refractivity contribution in [2.75, 3.05) is 26.2 Å². The summed E-state index contributed by atoms with van der Waals surface area (Å²) in [6, 6.07) is 6.95. The maximum atomic E-state index is 13.1. The number of para-hydroxylation sites is 2. The van der Waals surface area contributed by atoms with E-state index in [9.17, 15) is 14.4 Å². The van der Waals surface area contributed by atoms with Crippen molar-refractivity contribution in [1.29, 1.82) is 0 Å². The monoisotopic (exact) mass is 415 g/mol. The van der Waals surface area contributed by atoms with Crippen LogP contribution >= 0.6 is 0 Å². The maximum absolute atomic E-state index is 13.1. The Morgan fingerprint density at radius 3 is 2.77 bits per heavy atom. The van der Waals surface area contributed by atoms with Gasteiger partial charge in [0.2, 0.25) is 5.91 Å². The summed E-state index contributed by atoms with van der Waals surface area (Å²) < 4.78 is 11.7. The molecule has 30 heavy (non-hydrogen) atoms. The van der Waals surface area contributed by atoms with Crippen molar-refractivity contribution in [3.05, 3.63) is 24.3 Å². The fourth-order valence-corrected chi connectivity index (χ4v) is 4.68. The number of fused-ring (bicyclic) bond motifs is 1. The molecule has 0 bridgehead atoms. The number of benzene rings is 1. The van der Waals surface area contributed by atoms with E-state index in [4.69, 9.17) is 9.47 Å². The fraction of sp³-hybridized carbons (Fsp3) is 0.591. The molecule has 1 saturated carbocycles. The summed E-state index contributed by atoms with van der Waals surface area (Å²) in [6.45, 7) is 4.73. The summed E-state index contributed by atoms with van der Waals surface area (Å²) in [6.07, 6.45) is 3.18. The van der Waals surface area contributed by atoms with Gasteiger partial charge in [-0.25, -0.2) is 4.79 Å². The molecule has 8 heteroatoms. The van der Waals surface area contributed by atoms with Crippen LogP contribution in [0.3, 0.4) is 0 Å². The van der Waals surface area contributed by atoms with Crippen molar-refractivity contribution in [1.82, 2.24) is 15.1 Å². The van der Waals surface area contributed by atoms with E-state index in [1.54, 1.807) is 4.90 Å². The molecule has 1 aromatic carbocycles. The van der Waals surface area contributed by atoms with Crippen molar-refractivity contribution in [3.8, 4) is 11.5 Å². The highest BCUT2D eigenvalue weighted by Gasteiger charge is 2.55. The molecule has 2 fully saturated rings. The van der Waals surface area contributed by atoms with Crippen molar-refractivity contribution in [3.63, 3.8) is 0 Å². The van der Waals surface area contributed by atoms with Gasteiger partial charge in [0.1, 0.15) is 18.7 Å². The predicted octanol–water partition coefficient (Wildman–Crippen LogP) is 2.18. The third kappa shape index (κ3) is 3.59. The summed E-state index contributed by atoms with van der Waals surface area (Å²) in [7, 11) is 0. The second-order valence-corrected chi connectivity index (χ2v) is 8.37. The number of imide groups is 1. The Hall–Kier alpha value is -2.77. The van der Waals surface area contributed by atoms with E-state index in [1.807, 2.05) is 38.1 Å². The molecule has 162 valence electrons. The number of likely N-dealkylation sites (N-methyl/N-ethyl adjacent to an activating group) is 1. The molecule has 2 heterocycles. The second kappa shape index (κ2) is 8.16. The van der Waals surface area contributed by atoms with E-state index in [-0.39, 0.29) is 30.4 Å². The molecule has 1 aliphatic carbocycles. The number of hydrogen-bond acceptors (Lipinski definition) is 5. The van der Waals surface area contributed by atoms with Gasteiger partial charge in [0.25, 0.3) is 5.91 Å². The zero-order valence-corrected chi connectivity index (χ0v) is 17.6. The van der Waals surface area contributed by atoms with Gasteiger partial charge >= 0.3 is 6.03 Å². The van der Waals surface area contributed by atoms with E-state index in [0.717, 1.165) is 24.2 Å². The quantitative estimate of drug-likeness (QED) is 0.745. The average Bonchev–Trinajstić information content (AvgIpc) is 2.98. The molecule has 8 nitrogen and oxygen atoms in total. The molecule has 0 aromatic heterocycles. The van der Waals surface area contributed by atoms with Crippen LogP contribution in [0.4, 0.5) is 4.79 Å². The van der Waals surface area contributed by atoms with E-state index >= 15 is 0 Å². The van der Waals surface area contributed by atoms with Gasteiger partial charge in [0, 0.05) is 6.54 Å². The highest BCUT2D eigenvalue weighted by atomic mass is 16.6. The third-order valence-corrected chi connectivity index (χ3v) is 6.52. The summed E-state index contributed by atoms with van der Waals surface area (Å²) in [4.78, 5) is 41.3. The fourth-order valence-electron chi connectivity index (χ4n) is 4.68. The molecule has 4 rings (SSSR count). The minimum Gasteiger partial charge on any atom is -0.486 e. The van der Waals surface area contributed by atoms with Crippen LogP contribution in [0, 0.1) is 5.92 Å². The Morgan fingerprint density at radius 1 is 1.27 bits per heavy atom. The van der Waals surface area contributed by atoms with Crippen molar-refractivity contribution >= 4 is 17.8 Å². The Morgan fingerprint density at radius 2 is 2.03 bits per heavy atom. The minimum atomic E-state index is -0.851. The van der Waals surface area contributed by atoms with E-state index in [0.29, 0.717) is 37.6 Å². The molecule has 2 aliphatic heterocycles. The van der Waals surface area contributed by atoms with Crippen LogP contribution < -0.4 is 14.8 Å². The van der Waals surface area contributed by atoms with E-state index in [1.165, 1.54) is 0 Å². The minimum absolute atomic E-state index is 0.0675. The lowest BCUT2D eigenvalue weighted by Crippen LogP contribution is -2.54. The van der Waals surface area contributed by atoms with E-state index in [2.05, 4.69) is 5.32 Å². The normalized spacial score (nSPS) is 27.9. The van der Waals surface area contributed by atoms with Crippen LogP contribution in [0.25, 0.3) is 0 Å². The van der Waals surface area contributed by atoms with Gasteiger partial charge in [-0.05, 0) is 37.8 Å². The largest absolute Gasteiger partial charge is 0.486 e. The number of hydrogen-bond donors (Lipinski definition) is 1. The van der Waals surface area contributed by atoms with Crippen LogP contribution in [-0.4, -0.2) is 65.5 Å². The zero-order chi connectivity index (χ0) is 21.3. The van der Waals surface area contributed by atoms with Gasteiger partial charge in [-0.1, -0.05) is 31.9 Å². The van der Waals surface area contributed by atoms with Crippen molar-refractivity contribution < 1.29 is 23.9 Å². The molecule has 0 radical (unpaired) electrons. The lowest BCUT2D eigenvalue weighted by molar-refractivity contribution is -0.141. The Bertz CT molecular complexity index is 844. The number of nitrogens with one attached hydrogen (secondary N) is 1. The van der Waals surface area contributed by atoms with Gasteiger partial charge in [-0.3, -0.25) is 14.5 Å². The van der Waals surface area contributed by atoms with Gasteiger partial charge in [-0.2, -0.15) is 0 Å². The number of rotatable bonds is 5. The summed E-state index contributed by atoms with van der Waals surface area (Å²) in [5, 5.41) is 2.90. The molecule has 1 saturated heterocycles. The van der Waals surface area contributed by atoms with Crippen LogP contribution in [-0.2, 0) is 9.59 Å². The lowest BCUT2D eigenvalue weighted by atomic mass is 9.73. The highest BCUT2D eigenvalue weighted by Crippen LogP contribution is 2.38. The number of nitrogens with zero attached hydrogens (tertiary/aromatic N) is 2. The predicted molar refractivity (Wildman–Crippen MR) is 109 cm³/mol. The maximum Gasteiger partial charge on any atom is 0.325 e. The van der Waals surface area contributed by atoms with Gasteiger partial charge in [0.15, 0.2) is 17.6 Å². The molecule has 3 aliphatic rings. The number of amides is 4. The second-order valence-electron chi connectivity index (χ2n) is 8.37. The zero-order valence-electron chi connectivity index (χ0n) is 17.6. The van der Waals surface area contributed by atoms with E-state index < -0.39 is 11.6 Å². The number of carbonyl (C=O) groups excluding carboxylic acids is 3. The SMILES string of the molecule is CCN(C[C@@H]1COc2ccccc2O1)C(=O)CN1C(=O)N[C@]2(CCCC[C@@H]2C)C1=O. The standard InChI is InChI=1S/C22H29N3O5/c1-3-24(12-16-14-29-17-9-4-5-10-18(17)30-16)19(26)13-25-20(27)22(23-21(25)28)11-7-6-8-15(22)2/h4-5,9-10,15-16H,3,6-8,11-14H2,1-2H3,(H,23,28)/t15-,16+,22-/m0/s1. The van der Waals surface area contributed by atoms with Crippen LogP contribution in [0.5, 0.6) is 11.5 Å². The average molecular weight is 415 g/mol. The van der Waals surface area contributed by atoms with Crippen molar-refractivity contribution in [2.24, 2.45) is 5.92 Å². The topological polar surface area (TPSA) is 88.2 Å². The highest BCUT2D eigenvalue weighted by molar-refractivity contribution is 6.09. The summed E-state index contributed by atoms with van der Waals surface area (Å²) >= 11 is 0. The lowest BCUT2D eigenvalue weighted by Gasteiger charge is -2.37. The molecule has 1 aromatic rings. The first-order chi connectivity index (χ1) is 14.4. The van der Waals surface area contributed by atoms with Gasteiger partial charge in [0.05, 0.1) is 6.54 Å². The molecule has 1 N–H and O–H groups in total. The van der Waals surface area contributed by atoms with Gasteiger partial charge < -0.3 is 19.7 Å². The summed E-state index contributed by atoms with van der Waals surface area (Å²) in [5.41, 5.74) is -0.851. The molecule has 1 spiro atoms. The first-order valence-electron chi connectivity index (χ1n) is 10.7. The number of carbonyl (C=O) groups is 3. The Kier molecular flexibility index (Phi) is 5.58. The smallest absolute Gasteiger partial charge is 0.325 e. The first kappa shape index (κ1) is 20.5. The number of ether oxygens (including phenoxy) is 2. The third-order valence-electron chi connectivity index (χ3n) is 6.52. The molecular formula is C22H29N3O5. The van der Waals surface area contributed by atoms with Gasteiger partial charge in [-0.15, -0.1) is 0 Å². The van der Waals surface area contributed by atoms with Crippen LogP contribution in [0.15, 0.2) is 24.3 Å². The Labute approximate surface area is 176 Å². The Balaban J connectivity index is 1.40. The molecule has 0 unspecified atom stereocenters.